The lowest BCUT2D eigenvalue weighted by molar-refractivity contribution is -0.384. The molecular formula is C30H27N3O6S. The Bertz CT molecular complexity index is 1780. The lowest BCUT2D eigenvalue weighted by atomic mass is 9.86. The Morgan fingerprint density at radius 3 is 2.60 bits per heavy atom. The molecule has 10 heteroatoms. The summed E-state index contributed by atoms with van der Waals surface area (Å²) in [4.78, 5) is 29.4. The van der Waals surface area contributed by atoms with E-state index < -0.39 is 20.9 Å². The summed E-state index contributed by atoms with van der Waals surface area (Å²) in [5.41, 5.74) is 4.66. The first-order chi connectivity index (χ1) is 19.1. The normalized spacial score (nSPS) is 14.3. The maximum atomic E-state index is 13.6. The summed E-state index contributed by atoms with van der Waals surface area (Å²) in [7, 11) is -0.710. The highest BCUT2D eigenvalue weighted by molar-refractivity contribution is 7.89. The van der Waals surface area contributed by atoms with Crippen LogP contribution in [0.3, 0.4) is 0 Å². The van der Waals surface area contributed by atoms with E-state index in [-0.39, 0.29) is 17.2 Å². The Kier molecular flexibility index (Phi) is 7.46. The van der Waals surface area contributed by atoms with Gasteiger partial charge in [0, 0.05) is 31.6 Å². The van der Waals surface area contributed by atoms with Crippen LogP contribution in [0.25, 0.3) is 22.6 Å². The number of pyridine rings is 1. The first kappa shape index (κ1) is 27.2. The van der Waals surface area contributed by atoms with Crippen LogP contribution in [0.1, 0.15) is 45.6 Å². The number of esters is 1. The molecule has 0 saturated heterocycles. The van der Waals surface area contributed by atoms with Gasteiger partial charge in [0.25, 0.3) is 5.69 Å². The summed E-state index contributed by atoms with van der Waals surface area (Å²) in [6, 6.07) is 20.1. The second-order valence-corrected chi connectivity index (χ2v) is 11.9. The van der Waals surface area contributed by atoms with E-state index in [9.17, 15) is 23.3 Å². The van der Waals surface area contributed by atoms with Gasteiger partial charge in [-0.1, -0.05) is 42.5 Å². The van der Waals surface area contributed by atoms with Crippen LogP contribution < -0.4 is 0 Å². The number of para-hydroxylation sites is 1. The number of allylic oxidation sites excluding steroid dienone is 1. The molecule has 204 valence electrons. The summed E-state index contributed by atoms with van der Waals surface area (Å²) >= 11 is 0. The van der Waals surface area contributed by atoms with E-state index in [4.69, 9.17) is 9.72 Å². The Hall–Kier alpha value is -4.41. The molecule has 0 atom stereocenters. The Labute approximate surface area is 231 Å². The number of rotatable bonds is 7. The summed E-state index contributed by atoms with van der Waals surface area (Å²) in [6.45, 7) is -0.0998. The number of carbonyl (C=O) groups excluding carboxylic acids is 1. The highest BCUT2D eigenvalue weighted by Gasteiger charge is 2.26. The monoisotopic (exact) mass is 557 g/mol. The summed E-state index contributed by atoms with van der Waals surface area (Å²) < 4.78 is 31.9. The van der Waals surface area contributed by atoms with Crippen molar-refractivity contribution in [1.82, 2.24) is 9.29 Å². The van der Waals surface area contributed by atoms with Crippen molar-refractivity contribution in [2.24, 2.45) is 0 Å². The number of nitro groups is 1. The van der Waals surface area contributed by atoms with Gasteiger partial charge in [0.1, 0.15) is 6.61 Å². The fourth-order valence-electron chi connectivity index (χ4n) is 4.87. The predicted molar refractivity (Wildman–Crippen MR) is 152 cm³/mol. The molecule has 0 spiro atoms. The topological polar surface area (TPSA) is 120 Å². The number of nitro benzene ring substituents is 1. The molecule has 1 aliphatic carbocycles. The first-order valence-electron chi connectivity index (χ1n) is 12.7. The van der Waals surface area contributed by atoms with Crippen molar-refractivity contribution in [3.63, 3.8) is 0 Å². The van der Waals surface area contributed by atoms with Gasteiger partial charge in [0.2, 0.25) is 10.0 Å². The number of ether oxygens (including phenoxy) is 1. The van der Waals surface area contributed by atoms with Gasteiger partial charge < -0.3 is 4.74 Å². The van der Waals surface area contributed by atoms with Crippen LogP contribution in [0.2, 0.25) is 0 Å². The lowest BCUT2D eigenvalue weighted by Gasteiger charge is -2.22. The van der Waals surface area contributed by atoms with E-state index in [0.29, 0.717) is 46.1 Å². The standard InChI is InChI=1S/C30H27N3O6S/c1-32(2)40(37,38)24-12-6-9-21(18-24)19-39-30(34)28-25-13-3-4-15-27(25)31-29-22(10-7-14-26(28)29)16-20-8-5-11-23(17-20)33(35)36/h3-6,8-9,11-13,15-18H,7,10,14,19H2,1-2H3. The second-order valence-electron chi connectivity index (χ2n) is 9.72. The van der Waals surface area contributed by atoms with Crippen molar-refractivity contribution < 1.29 is 22.9 Å². The van der Waals surface area contributed by atoms with Crippen molar-refractivity contribution in [2.75, 3.05) is 14.1 Å². The molecule has 0 aliphatic heterocycles. The van der Waals surface area contributed by atoms with Crippen LogP contribution in [0, 0.1) is 10.1 Å². The van der Waals surface area contributed by atoms with E-state index in [0.717, 1.165) is 21.9 Å². The van der Waals surface area contributed by atoms with E-state index in [1.165, 1.54) is 38.4 Å². The minimum absolute atomic E-state index is 0.00331. The molecule has 0 saturated carbocycles. The fraction of sp³-hybridized carbons (Fsp3) is 0.200. The first-order valence-corrected chi connectivity index (χ1v) is 14.1. The molecule has 40 heavy (non-hydrogen) atoms. The Morgan fingerprint density at radius 2 is 1.82 bits per heavy atom. The SMILES string of the molecule is CN(C)S(=O)(=O)c1cccc(COC(=O)c2c3c(nc4ccccc24)C(=Cc2cccc([N+](=O)[O-])c2)CCC3)c1. The molecule has 1 heterocycles. The quantitative estimate of drug-likeness (QED) is 0.164. The molecule has 0 bridgehead atoms. The number of sulfonamides is 1. The highest BCUT2D eigenvalue weighted by Crippen LogP contribution is 2.37. The molecule has 0 unspecified atom stereocenters. The van der Waals surface area contributed by atoms with Crippen LogP contribution in [-0.2, 0) is 27.8 Å². The van der Waals surface area contributed by atoms with Crippen molar-refractivity contribution in [3.8, 4) is 0 Å². The van der Waals surface area contributed by atoms with Crippen LogP contribution in [0.5, 0.6) is 0 Å². The van der Waals surface area contributed by atoms with E-state index >= 15 is 0 Å². The summed E-state index contributed by atoms with van der Waals surface area (Å²) in [5.74, 6) is -0.521. The van der Waals surface area contributed by atoms with Crippen LogP contribution in [0.4, 0.5) is 5.69 Å². The Morgan fingerprint density at radius 1 is 1.05 bits per heavy atom. The molecule has 1 aromatic heterocycles. The lowest BCUT2D eigenvalue weighted by Crippen LogP contribution is -2.22. The van der Waals surface area contributed by atoms with Crippen molar-refractivity contribution in [1.29, 1.82) is 0 Å². The van der Waals surface area contributed by atoms with Crippen LogP contribution >= 0.6 is 0 Å². The number of non-ortho nitro benzene ring substituents is 1. The van der Waals surface area contributed by atoms with Gasteiger partial charge in [-0.25, -0.2) is 22.5 Å². The van der Waals surface area contributed by atoms with Gasteiger partial charge in [0.05, 0.1) is 26.6 Å². The average Bonchev–Trinajstić information content (AvgIpc) is 2.95. The zero-order valence-corrected chi connectivity index (χ0v) is 22.8. The van der Waals surface area contributed by atoms with E-state index in [1.54, 1.807) is 24.3 Å². The van der Waals surface area contributed by atoms with Gasteiger partial charge in [-0.3, -0.25) is 10.1 Å². The van der Waals surface area contributed by atoms with Crippen molar-refractivity contribution >= 4 is 44.2 Å². The van der Waals surface area contributed by atoms with Gasteiger partial charge >= 0.3 is 5.97 Å². The summed E-state index contributed by atoms with van der Waals surface area (Å²) in [6.07, 6.45) is 4.00. The average molecular weight is 558 g/mol. The minimum Gasteiger partial charge on any atom is -0.457 e. The number of nitrogens with zero attached hydrogens (tertiary/aromatic N) is 3. The van der Waals surface area contributed by atoms with Gasteiger partial charge in [-0.05, 0) is 65.8 Å². The molecule has 5 rings (SSSR count). The van der Waals surface area contributed by atoms with Gasteiger partial charge in [0.15, 0.2) is 0 Å². The van der Waals surface area contributed by atoms with E-state index in [1.807, 2.05) is 30.3 Å². The molecule has 1 aliphatic rings. The zero-order valence-electron chi connectivity index (χ0n) is 22.0. The van der Waals surface area contributed by atoms with Gasteiger partial charge in [-0.15, -0.1) is 0 Å². The minimum atomic E-state index is -3.63. The maximum absolute atomic E-state index is 13.6. The molecule has 9 nitrogen and oxygen atoms in total. The molecule has 3 aromatic carbocycles. The number of carbonyl (C=O) groups is 1. The largest absolute Gasteiger partial charge is 0.457 e. The molecule has 0 radical (unpaired) electrons. The predicted octanol–water partition coefficient (Wildman–Crippen LogP) is 5.63. The third-order valence-electron chi connectivity index (χ3n) is 6.84. The number of fused-ring (bicyclic) bond motifs is 2. The van der Waals surface area contributed by atoms with Gasteiger partial charge in [-0.2, -0.15) is 0 Å². The summed E-state index contributed by atoms with van der Waals surface area (Å²) in [5, 5.41) is 11.9. The zero-order chi connectivity index (χ0) is 28.4. The van der Waals surface area contributed by atoms with Crippen LogP contribution in [-0.4, -0.2) is 42.7 Å². The number of benzene rings is 3. The molecule has 0 N–H and O–H groups in total. The molecule has 4 aromatic rings. The van der Waals surface area contributed by atoms with Crippen molar-refractivity contribution in [2.45, 2.75) is 30.8 Å². The fourth-order valence-corrected chi connectivity index (χ4v) is 5.84. The third kappa shape index (κ3) is 5.36. The number of hydrogen-bond acceptors (Lipinski definition) is 7. The maximum Gasteiger partial charge on any atom is 0.339 e. The Balaban J connectivity index is 1.52. The number of hydrogen-bond donors (Lipinski definition) is 0. The molecular weight excluding hydrogens is 530 g/mol. The highest BCUT2D eigenvalue weighted by atomic mass is 32.2. The third-order valence-corrected chi connectivity index (χ3v) is 8.65. The van der Waals surface area contributed by atoms with Crippen LogP contribution in [0.15, 0.2) is 77.7 Å². The molecule has 0 fully saturated rings. The second kappa shape index (κ2) is 11.0. The van der Waals surface area contributed by atoms with E-state index in [2.05, 4.69) is 0 Å². The number of aromatic nitrogens is 1. The van der Waals surface area contributed by atoms with Crippen molar-refractivity contribution in [3.05, 3.63) is 111 Å². The smallest absolute Gasteiger partial charge is 0.339 e. The molecule has 0 amide bonds.